The molecule has 0 aliphatic carbocycles. The highest BCUT2D eigenvalue weighted by molar-refractivity contribution is 7.09. The fourth-order valence-corrected chi connectivity index (χ4v) is 3.67. The second kappa shape index (κ2) is 8.42. The Morgan fingerprint density at radius 3 is 2.58 bits per heavy atom. The van der Waals surface area contributed by atoms with Gasteiger partial charge in [0, 0.05) is 23.6 Å². The predicted octanol–water partition coefficient (Wildman–Crippen LogP) is 2.88. The lowest BCUT2D eigenvalue weighted by molar-refractivity contribution is 0.0951. The van der Waals surface area contributed by atoms with Gasteiger partial charge in [0.15, 0.2) is 0 Å². The molecule has 0 unspecified atom stereocenters. The Balaban J connectivity index is 1.49. The Morgan fingerprint density at radius 1 is 1.21 bits per heavy atom. The van der Waals surface area contributed by atoms with Crippen molar-refractivity contribution in [1.82, 2.24) is 10.2 Å². The molecule has 4 nitrogen and oxygen atoms in total. The first-order valence-electron chi connectivity index (χ1n) is 8.47. The summed E-state index contributed by atoms with van der Waals surface area (Å²) in [7, 11) is 0. The van der Waals surface area contributed by atoms with Crippen molar-refractivity contribution in [2.45, 2.75) is 25.9 Å². The van der Waals surface area contributed by atoms with E-state index < -0.39 is 0 Å². The maximum atomic E-state index is 12.2. The van der Waals surface area contributed by atoms with Gasteiger partial charge in [-0.1, -0.05) is 18.2 Å². The number of hydrogen-bond donors (Lipinski definition) is 2. The molecule has 1 aromatic heterocycles. The summed E-state index contributed by atoms with van der Waals surface area (Å²) in [6.45, 7) is 3.87. The average Bonchev–Trinajstić information content (AvgIpc) is 3.14. The van der Waals surface area contributed by atoms with E-state index in [9.17, 15) is 9.90 Å². The van der Waals surface area contributed by atoms with Crippen LogP contribution in [0.3, 0.4) is 0 Å². The Bertz CT molecular complexity index is 632. The molecule has 1 aliphatic rings. The van der Waals surface area contributed by atoms with Crippen LogP contribution < -0.4 is 5.32 Å². The Morgan fingerprint density at radius 2 is 1.96 bits per heavy atom. The van der Waals surface area contributed by atoms with E-state index in [0.717, 1.165) is 37.4 Å². The minimum Gasteiger partial charge on any atom is -0.396 e. The molecule has 5 heteroatoms. The molecule has 1 fully saturated rings. The van der Waals surface area contributed by atoms with Gasteiger partial charge in [0.05, 0.1) is 6.54 Å². The van der Waals surface area contributed by atoms with Crippen LogP contribution in [0.5, 0.6) is 0 Å². The van der Waals surface area contributed by atoms with Crippen molar-refractivity contribution in [3.8, 4) is 0 Å². The zero-order chi connectivity index (χ0) is 16.8. The zero-order valence-electron chi connectivity index (χ0n) is 13.8. The van der Waals surface area contributed by atoms with Crippen LogP contribution in [-0.2, 0) is 13.1 Å². The van der Waals surface area contributed by atoms with E-state index in [0.29, 0.717) is 24.6 Å². The number of hydrogen-bond acceptors (Lipinski definition) is 4. The van der Waals surface area contributed by atoms with Crippen molar-refractivity contribution < 1.29 is 9.90 Å². The van der Waals surface area contributed by atoms with E-state index in [2.05, 4.69) is 10.2 Å². The largest absolute Gasteiger partial charge is 0.396 e. The summed E-state index contributed by atoms with van der Waals surface area (Å²) in [4.78, 5) is 15.7. The van der Waals surface area contributed by atoms with Crippen LogP contribution in [0, 0.1) is 5.92 Å². The van der Waals surface area contributed by atoms with Crippen LogP contribution in [0.1, 0.15) is 33.6 Å². The highest BCUT2D eigenvalue weighted by Gasteiger charge is 2.18. The molecule has 0 saturated carbocycles. The molecule has 2 aromatic rings. The summed E-state index contributed by atoms with van der Waals surface area (Å²) >= 11 is 1.65. The minimum absolute atomic E-state index is 0.0290. The van der Waals surface area contributed by atoms with E-state index in [1.165, 1.54) is 5.56 Å². The molecule has 0 spiro atoms. The first-order valence-corrected chi connectivity index (χ1v) is 9.35. The number of benzene rings is 1. The summed E-state index contributed by atoms with van der Waals surface area (Å²) in [5, 5.41) is 14.2. The summed E-state index contributed by atoms with van der Waals surface area (Å²) in [6, 6.07) is 11.9. The van der Waals surface area contributed by atoms with Crippen molar-refractivity contribution in [3.05, 3.63) is 57.8 Å². The topological polar surface area (TPSA) is 52.6 Å². The Labute approximate surface area is 147 Å². The first-order chi connectivity index (χ1) is 11.7. The molecule has 1 saturated heterocycles. The van der Waals surface area contributed by atoms with Gasteiger partial charge in [-0.25, -0.2) is 0 Å². The molecule has 1 aromatic carbocycles. The number of nitrogens with one attached hydrogen (secondary N) is 1. The third-order valence-corrected chi connectivity index (χ3v) is 5.47. The molecule has 1 aliphatic heterocycles. The van der Waals surface area contributed by atoms with Crippen molar-refractivity contribution in [1.29, 1.82) is 0 Å². The third kappa shape index (κ3) is 4.66. The number of nitrogens with zero attached hydrogens (tertiary/aromatic N) is 1. The quantitative estimate of drug-likeness (QED) is 0.847. The fraction of sp³-hybridized carbons (Fsp3) is 0.421. The Hall–Kier alpha value is -1.69. The van der Waals surface area contributed by atoms with Crippen molar-refractivity contribution in [2.24, 2.45) is 5.92 Å². The number of aliphatic hydroxyl groups is 1. The number of piperidine rings is 1. The fourth-order valence-electron chi connectivity index (χ4n) is 3.03. The van der Waals surface area contributed by atoms with Crippen LogP contribution in [0.2, 0.25) is 0 Å². The molecule has 2 heterocycles. The van der Waals surface area contributed by atoms with Gasteiger partial charge in [0.1, 0.15) is 0 Å². The van der Waals surface area contributed by atoms with Crippen LogP contribution in [-0.4, -0.2) is 35.6 Å². The first kappa shape index (κ1) is 17.1. The van der Waals surface area contributed by atoms with E-state index in [4.69, 9.17) is 0 Å². The monoisotopic (exact) mass is 344 g/mol. The average molecular weight is 344 g/mol. The van der Waals surface area contributed by atoms with Crippen molar-refractivity contribution in [2.75, 3.05) is 19.7 Å². The van der Waals surface area contributed by atoms with Gasteiger partial charge in [-0.15, -0.1) is 11.3 Å². The van der Waals surface area contributed by atoms with Crippen molar-refractivity contribution >= 4 is 17.2 Å². The van der Waals surface area contributed by atoms with Gasteiger partial charge in [-0.05, 0) is 61.0 Å². The lowest BCUT2D eigenvalue weighted by atomic mass is 9.97. The summed E-state index contributed by atoms with van der Waals surface area (Å²) in [6.07, 6.45) is 2.14. The molecule has 24 heavy (non-hydrogen) atoms. The zero-order valence-corrected chi connectivity index (χ0v) is 14.6. The van der Waals surface area contributed by atoms with Gasteiger partial charge in [-0.3, -0.25) is 9.69 Å². The minimum atomic E-state index is -0.0290. The predicted molar refractivity (Wildman–Crippen MR) is 97.0 cm³/mol. The second-order valence-electron chi connectivity index (χ2n) is 6.36. The van der Waals surface area contributed by atoms with Gasteiger partial charge >= 0.3 is 0 Å². The van der Waals surface area contributed by atoms with Gasteiger partial charge in [0.2, 0.25) is 0 Å². The number of thiophene rings is 1. The lowest BCUT2D eigenvalue weighted by Gasteiger charge is -2.31. The maximum absolute atomic E-state index is 12.2. The van der Waals surface area contributed by atoms with Crippen LogP contribution >= 0.6 is 11.3 Å². The molecular formula is C19H24N2O2S. The molecule has 0 radical (unpaired) electrons. The van der Waals surface area contributed by atoms with Crippen LogP contribution in [0.25, 0.3) is 0 Å². The number of likely N-dealkylation sites (tertiary alicyclic amines) is 1. The number of rotatable bonds is 6. The standard InChI is InChI=1S/C19H24N2O2S/c22-14-16-7-9-21(10-8-16)13-15-3-5-17(6-4-15)19(23)20-12-18-2-1-11-24-18/h1-6,11,16,22H,7-10,12-14H2,(H,20,23). The number of carbonyl (C=O) groups is 1. The normalized spacial score (nSPS) is 16.2. The van der Waals surface area contributed by atoms with Gasteiger partial charge < -0.3 is 10.4 Å². The second-order valence-corrected chi connectivity index (χ2v) is 7.39. The highest BCUT2D eigenvalue weighted by Crippen LogP contribution is 2.18. The SMILES string of the molecule is O=C(NCc1cccs1)c1ccc(CN2CCC(CO)CC2)cc1. The maximum Gasteiger partial charge on any atom is 0.251 e. The molecule has 0 atom stereocenters. The van der Waals surface area contributed by atoms with Gasteiger partial charge in [0.25, 0.3) is 5.91 Å². The van der Waals surface area contributed by atoms with E-state index in [1.54, 1.807) is 11.3 Å². The van der Waals surface area contributed by atoms with E-state index >= 15 is 0 Å². The summed E-state index contributed by atoms with van der Waals surface area (Å²) < 4.78 is 0. The van der Waals surface area contributed by atoms with Gasteiger partial charge in [-0.2, -0.15) is 0 Å². The molecule has 128 valence electrons. The molecular weight excluding hydrogens is 320 g/mol. The lowest BCUT2D eigenvalue weighted by Crippen LogP contribution is -2.34. The Kier molecular flexibility index (Phi) is 6.01. The van der Waals surface area contributed by atoms with Crippen LogP contribution in [0.15, 0.2) is 41.8 Å². The highest BCUT2D eigenvalue weighted by atomic mass is 32.1. The number of carbonyl (C=O) groups excluding carboxylic acids is 1. The number of aliphatic hydroxyl groups excluding tert-OH is 1. The van der Waals surface area contributed by atoms with E-state index in [1.807, 2.05) is 41.8 Å². The molecule has 1 amide bonds. The van der Waals surface area contributed by atoms with Crippen LogP contribution in [0.4, 0.5) is 0 Å². The number of amides is 1. The summed E-state index contributed by atoms with van der Waals surface area (Å²) in [5.41, 5.74) is 1.93. The molecule has 2 N–H and O–H groups in total. The van der Waals surface area contributed by atoms with E-state index in [-0.39, 0.29) is 5.91 Å². The summed E-state index contributed by atoms with van der Waals surface area (Å²) in [5.74, 6) is 0.439. The molecule has 0 bridgehead atoms. The molecule has 3 rings (SSSR count). The smallest absolute Gasteiger partial charge is 0.251 e. The van der Waals surface area contributed by atoms with Crippen molar-refractivity contribution in [3.63, 3.8) is 0 Å². The third-order valence-electron chi connectivity index (χ3n) is 4.59.